The summed E-state index contributed by atoms with van der Waals surface area (Å²) in [5.74, 6) is 0.890. The molecule has 1 aromatic carbocycles. The van der Waals surface area contributed by atoms with Gasteiger partial charge in [-0.25, -0.2) is 4.79 Å². The van der Waals surface area contributed by atoms with E-state index < -0.39 is 5.54 Å². The molecule has 0 bridgehead atoms. The molecule has 2 heterocycles. The van der Waals surface area contributed by atoms with Crippen LogP contribution in [0.2, 0.25) is 0 Å². The van der Waals surface area contributed by atoms with Crippen molar-refractivity contribution in [2.75, 3.05) is 26.2 Å². The second-order valence-corrected chi connectivity index (χ2v) is 7.57. The minimum Gasteiger partial charge on any atom is -0.494 e. The predicted octanol–water partition coefficient (Wildman–Crippen LogP) is 2.31. The molecule has 6 nitrogen and oxygen atoms in total. The van der Waals surface area contributed by atoms with Crippen LogP contribution in [0.25, 0.3) is 0 Å². The molecule has 1 aliphatic carbocycles. The third-order valence-corrected chi connectivity index (χ3v) is 5.92. The zero-order chi connectivity index (χ0) is 18.1. The Bertz CT molecular complexity index is 712. The summed E-state index contributed by atoms with van der Waals surface area (Å²) in [6.07, 6.45) is 4.60. The first-order chi connectivity index (χ1) is 12.6. The number of amides is 3. The summed E-state index contributed by atoms with van der Waals surface area (Å²) in [4.78, 5) is 28.8. The number of urea groups is 1. The summed E-state index contributed by atoms with van der Waals surface area (Å²) < 4.78 is 5.61. The maximum Gasteiger partial charge on any atom is 0.325 e. The van der Waals surface area contributed by atoms with Gasteiger partial charge >= 0.3 is 6.03 Å². The number of hydrogen-bond donors (Lipinski definition) is 1. The van der Waals surface area contributed by atoms with Crippen molar-refractivity contribution in [3.63, 3.8) is 0 Å². The second-order valence-electron chi connectivity index (χ2n) is 7.57. The summed E-state index contributed by atoms with van der Waals surface area (Å²) in [6.45, 7) is 5.62. The molecule has 1 spiro atoms. The van der Waals surface area contributed by atoms with E-state index in [0.29, 0.717) is 19.7 Å². The largest absolute Gasteiger partial charge is 0.494 e. The molecule has 2 fully saturated rings. The van der Waals surface area contributed by atoms with E-state index in [1.54, 1.807) is 0 Å². The fourth-order valence-corrected chi connectivity index (χ4v) is 4.48. The monoisotopic (exact) mass is 357 g/mol. The van der Waals surface area contributed by atoms with Crippen LogP contribution in [0.3, 0.4) is 0 Å². The first-order valence-electron chi connectivity index (χ1n) is 9.72. The van der Waals surface area contributed by atoms with Crippen LogP contribution in [0.5, 0.6) is 5.75 Å². The Hall–Kier alpha value is -2.08. The Balaban J connectivity index is 1.38. The molecule has 0 unspecified atom stereocenters. The normalized spacial score (nSPS) is 22.0. The van der Waals surface area contributed by atoms with Gasteiger partial charge in [0.1, 0.15) is 11.3 Å². The lowest BCUT2D eigenvalue weighted by Crippen LogP contribution is -2.45. The van der Waals surface area contributed by atoms with Crippen molar-refractivity contribution in [1.29, 1.82) is 0 Å². The van der Waals surface area contributed by atoms with E-state index in [0.717, 1.165) is 50.9 Å². The standard InChI is InChI=1S/C20H27N3O3/c1-2-26-17-6-5-15-7-10-22(14-16(15)13-17)11-12-23-18(24)20(21-19(23)25)8-3-4-9-20/h5-6,13H,2-4,7-12,14H2,1H3,(H,21,25). The first kappa shape index (κ1) is 17.3. The van der Waals surface area contributed by atoms with E-state index in [4.69, 9.17) is 4.74 Å². The summed E-state index contributed by atoms with van der Waals surface area (Å²) in [7, 11) is 0. The number of nitrogens with one attached hydrogen (secondary N) is 1. The molecule has 0 radical (unpaired) electrons. The van der Waals surface area contributed by atoms with Crippen molar-refractivity contribution in [1.82, 2.24) is 15.1 Å². The molecule has 1 N–H and O–H groups in total. The van der Waals surface area contributed by atoms with E-state index in [9.17, 15) is 9.59 Å². The van der Waals surface area contributed by atoms with Gasteiger partial charge in [-0.15, -0.1) is 0 Å². The molecule has 0 atom stereocenters. The number of rotatable bonds is 5. The van der Waals surface area contributed by atoms with Crippen LogP contribution in [0, 0.1) is 0 Å². The van der Waals surface area contributed by atoms with Crippen molar-refractivity contribution < 1.29 is 14.3 Å². The van der Waals surface area contributed by atoms with Crippen LogP contribution in [0.4, 0.5) is 4.79 Å². The topological polar surface area (TPSA) is 61.9 Å². The summed E-state index contributed by atoms with van der Waals surface area (Å²) in [6, 6.07) is 6.09. The van der Waals surface area contributed by atoms with Crippen molar-refractivity contribution in [2.24, 2.45) is 0 Å². The van der Waals surface area contributed by atoms with Gasteiger partial charge in [0.15, 0.2) is 0 Å². The van der Waals surface area contributed by atoms with Gasteiger partial charge in [-0.2, -0.15) is 0 Å². The highest BCUT2D eigenvalue weighted by Gasteiger charge is 2.52. The van der Waals surface area contributed by atoms with Crippen molar-refractivity contribution in [3.05, 3.63) is 29.3 Å². The third kappa shape index (κ3) is 3.07. The van der Waals surface area contributed by atoms with Gasteiger partial charge in [0, 0.05) is 26.2 Å². The van der Waals surface area contributed by atoms with Crippen LogP contribution in [0.1, 0.15) is 43.7 Å². The number of fused-ring (bicyclic) bond motifs is 1. The van der Waals surface area contributed by atoms with E-state index in [2.05, 4.69) is 22.3 Å². The molecule has 3 aliphatic rings. The molecule has 26 heavy (non-hydrogen) atoms. The Kier molecular flexibility index (Phi) is 4.61. The molecule has 140 valence electrons. The summed E-state index contributed by atoms with van der Waals surface area (Å²) in [5, 5.41) is 2.96. The molecule has 1 saturated heterocycles. The highest BCUT2D eigenvalue weighted by molar-refractivity contribution is 6.07. The second kappa shape index (κ2) is 6.91. The van der Waals surface area contributed by atoms with Gasteiger partial charge in [-0.3, -0.25) is 14.6 Å². The minimum atomic E-state index is -0.599. The highest BCUT2D eigenvalue weighted by Crippen LogP contribution is 2.35. The Morgan fingerprint density at radius 2 is 1.96 bits per heavy atom. The molecule has 1 aromatic rings. The highest BCUT2D eigenvalue weighted by atomic mass is 16.5. The molecular formula is C20H27N3O3. The number of nitrogens with zero attached hydrogens (tertiary/aromatic N) is 2. The van der Waals surface area contributed by atoms with Crippen molar-refractivity contribution in [2.45, 2.75) is 51.1 Å². The molecule has 6 heteroatoms. The quantitative estimate of drug-likeness (QED) is 0.822. The van der Waals surface area contributed by atoms with Gasteiger partial charge in [-0.1, -0.05) is 18.9 Å². The maximum absolute atomic E-state index is 12.7. The number of hydrogen-bond acceptors (Lipinski definition) is 4. The smallest absolute Gasteiger partial charge is 0.325 e. The Morgan fingerprint density at radius 1 is 1.15 bits per heavy atom. The molecular weight excluding hydrogens is 330 g/mol. The lowest BCUT2D eigenvalue weighted by Gasteiger charge is -2.30. The molecule has 4 rings (SSSR count). The zero-order valence-electron chi connectivity index (χ0n) is 15.4. The average Bonchev–Trinajstić information content (AvgIpc) is 3.19. The number of carbonyl (C=O) groups excluding carboxylic acids is 2. The Morgan fingerprint density at radius 3 is 2.73 bits per heavy atom. The lowest BCUT2D eigenvalue weighted by atomic mass is 9.98. The number of imide groups is 1. The third-order valence-electron chi connectivity index (χ3n) is 5.92. The summed E-state index contributed by atoms with van der Waals surface area (Å²) in [5.41, 5.74) is 2.05. The summed E-state index contributed by atoms with van der Waals surface area (Å²) >= 11 is 0. The van der Waals surface area contributed by atoms with Gasteiger partial charge in [0.2, 0.25) is 0 Å². The van der Waals surface area contributed by atoms with E-state index >= 15 is 0 Å². The molecule has 3 amide bonds. The van der Waals surface area contributed by atoms with Crippen LogP contribution < -0.4 is 10.1 Å². The van der Waals surface area contributed by atoms with Crippen molar-refractivity contribution >= 4 is 11.9 Å². The van der Waals surface area contributed by atoms with E-state index in [-0.39, 0.29) is 11.9 Å². The molecule has 2 aliphatic heterocycles. The molecule has 1 saturated carbocycles. The number of carbonyl (C=O) groups is 2. The average molecular weight is 357 g/mol. The van der Waals surface area contributed by atoms with E-state index in [1.807, 2.05) is 13.0 Å². The van der Waals surface area contributed by atoms with Gasteiger partial charge in [-0.05, 0) is 49.4 Å². The van der Waals surface area contributed by atoms with Crippen molar-refractivity contribution in [3.8, 4) is 5.75 Å². The predicted molar refractivity (Wildman–Crippen MR) is 98.0 cm³/mol. The lowest BCUT2D eigenvalue weighted by molar-refractivity contribution is -0.131. The Labute approximate surface area is 154 Å². The van der Waals surface area contributed by atoms with E-state index in [1.165, 1.54) is 16.0 Å². The van der Waals surface area contributed by atoms with Crippen LogP contribution >= 0.6 is 0 Å². The fraction of sp³-hybridized carbons (Fsp3) is 0.600. The van der Waals surface area contributed by atoms with Crippen LogP contribution in [-0.4, -0.2) is 53.5 Å². The first-order valence-corrected chi connectivity index (χ1v) is 9.72. The fourth-order valence-electron chi connectivity index (χ4n) is 4.48. The number of ether oxygens (including phenoxy) is 1. The maximum atomic E-state index is 12.7. The number of benzene rings is 1. The van der Waals surface area contributed by atoms with Gasteiger partial charge in [0.05, 0.1) is 6.61 Å². The van der Waals surface area contributed by atoms with Crippen LogP contribution in [0.15, 0.2) is 18.2 Å². The van der Waals surface area contributed by atoms with Crippen LogP contribution in [-0.2, 0) is 17.8 Å². The SMILES string of the molecule is CCOc1ccc2c(c1)CN(CCN1C(=O)NC3(CCCC3)C1=O)CC2. The minimum absolute atomic E-state index is 0.0176. The molecule has 0 aromatic heterocycles. The van der Waals surface area contributed by atoms with Gasteiger partial charge in [0.25, 0.3) is 5.91 Å². The van der Waals surface area contributed by atoms with Gasteiger partial charge < -0.3 is 10.1 Å². The zero-order valence-corrected chi connectivity index (χ0v) is 15.4.